The Morgan fingerprint density at radius 3 is 2.65 bits per heavy atom. The van der Waals surface area contributed by atoms with Gasteiger partial charge in [-0.3, -0.25) is 4.79 Å². The van der Waals surface area contributed by atoms with Crippen molar-refractivity contribution < 1.29 is 9.53 Å². The summed E-state index contributed by atoms with van der Waals surface area (Å²) in [5, 5.41) is 3.19. The van der Waals surface area contributed by atoms with E-state index >= 15 is 0 Å². The van der Waals surface area contributed by atoms with Crippen molar-refractivity contribution in [1.29, 1.82) is 0 Å². The van der Waals surface area contributed by atoms with Crippen LogP contribution in [0.5, 0.6) is 0 Å². The number of rotatable bonds is 7. The molecule has 20 heavy (non-hydrogen) atoms. The maximum Gasteiger partial charge on any atom is 0.320 e. The van der Waals surface area contributed by atoms with Crippen LogP contribution in [-0.2, 0) is 16.1 Å². The van der Waals surface area contributed by atoms with Crippen molar-refractivity contribution in [3.63, 3.8) is 0 Å². The molecule has 1 aliphatic rings. The Bertz CT molecular complexity index is 385. The van der Waals surface area contributed by atoms with E-state index in [0.29, 0.717) is 13.2 Å². The molecule has 0 aliphatic heterocycles. The minimum Gasteiger partial charge on any atom is -0.460 e. The van der Waals surface area contributed by atoms with E-state index in [1.807, 2.05) is 30.3 Å². The Balaban J connectivity index is 1.51. The lowest BCUT2D eigenvalue weighted by atomic mass is 9.87. The van der Waals surface area contributed by atoms with Crippen LogP contribution in [0.2, 0.25) is 0 Å². The van der Waals surface area contributed by atoms with Gasteiger partial charge in [0.05, 0.1) is 6.54 Å². The molecule has 110 valence electrons. The van der Waals surface area contributed by atoms with Crippen LogP contribution in [0.15, 0.2) is 30.3 Å². The molecule has 1 aromatic carbocycles. The van der Waals surface area contributed by atoms with Gasteiger partial charge in [-0.1, -0.05) is 62.4 Å². The number of hydrogen-bond donors (Lipinski definition) is 1. The molecule has 0 heterocycles. The predicted molar refractivity (Wildman–Crippen MR) is 80.3 cm³/mol. The van der Waals surface area contributed by atoms with Crippen molar-refractivity contribution in [3.8, 4) is 0 Å². The summed E-state index contributed by atoms with van der Waals surface area (Å²) in [5.74, 6) is 0.689. The molecule has 0 spiro atoms. The van der Waals surface area contributed by atoms with Crippen molar-refractivity contribution in [1.82, 2.24) is 5.32 Å². The van der Waals surface area contributed by atoms with E-state index in [9.17, 15) is 4.79 Å². The number of carbonyl (C=O) groups excluding carboxylic acids is 1. The summed E-state index contributed by atoms with van der Waals surface area (Å²) in [6.45, 7) is 1.61. The van der Waals surface area contributed by atoms with Gasteiger partial charge in [0.15, 0.2) is 0 Å². The number of esters is 1. The molecule has 3 nitrogen and oxygen atoms in total. The number of benzene rings is 1. The minimum absolute atomic E-state index is 0.169. The molecule has 0 unspecified atom stereocenters. The van der Waals surface area contributed by atoms with Gasteiger partial charge in [-0.15, -0.1) is 0 Å². The SMILES string of the molecule is O=C(CNCCC1CCCCC1)OCc1ccccc1. The molecule has 1 aromatic rings. The summed E-state index contributed by atoms with van der Waals surface area (Å²) in [6.07, 6.45) is 8.07. The summed E-state index contributed by atoms with van der Waals surface area (Å²) in [5.41, 5.74) is 1.03. The normalized spacial score (nSPS) is 16.0. The predicted octanol–water partition coefficient (Wildman–Crippen LogP) is 3.29. The fourth-order valence-electron chi connectivity index (χ4n) is 2.76. The zero-order chi connectivity index (χ0) is 14.0. The molecule has 0 radical (unpaired) electrons. The summed E-state index contributed by atoms with van der Waals surface area (Å²) in [6, 6.07) is 9.78. The van der Waals surface area contributed by atoms with Crippen LogP contribution in [0.4, 0.5) is 0 Å². The van der Waals surface area contributed by atoms with Crippen molar-refractivity contribution >= 4 is 5.97 Å². The average molecular weight is 275 g/mol. The number of hydrogen-bond acceptors (Lipinski definition) is 3. The highest BCUT2D eigenvalue weighted by atomic mass is 16.5. The van der Waals surface area contributed by atoms with Crippen LogP contribution >= 0.6 is 0 Å². The Hall–Kier alpha value is -1.35. The van der Waals surface area contributed by atoms with Crippen LogP contribution in [0, 0.1) is 5.92 Å². The molecule has 1 N–H and O–H groups in total. The fourth-order valence-corrected chi connectivity index (χ4v) is 2.76. The summed E-state index contributed by atoms with van der Waals surface area (Å²) >= 11 is 0. The maximum atomic E-state index is 11.6. The molecule has 1 aliphatic carbocycles. The third-order valence-electron chi connectivity index (χ3n) is 3.97. The van der Waals surface area contributed by atoms with Crippen LogP contribution in [0.3, 0.4) is 0 Å². The van der Waals surface area contributed by atoms with Crippen molar-refractivity contribution in [3.05, 3.63) is 35.9 Å². The smallest absolute Gasteiger partial charge is 0.320 e. The topological polar surface area (TPSA) is 38.3 Å². The fraction of sp³-hybridized carbons (Fsp3) is 0.588. The Morgan fingerprint density at radius 1 is 1.15 bits per heavy atom. The lowest BCUT2D eigenvalue weighted by Gasteiger charge is -2.21. The van der Waals surface area contributed by atoms with Gasteiger partial charge in [-0.2, -0.15) is 0 Å². The molecule has 0 saturated heterocycles. The Morgan fingerprint density at radius 2 is 1.90 bits per heavy atom. The highest BCUT2D eigenvalue weighted by Gasteiger charge is 2.12. The van der Waals surface area contributed by atoms with Crippen LogP contribution < -0.4 is 5.32 Å². The number of ether oxygens (including phenoxy) is 1. The van der Waals surface area contributed by atoms with Crippen molar-refractivity contribution in [2.45, 2.75) is 45.1 Å². The zero-order valence-electron chi connectivity index (χ0n) is 12.1. The van der Waals surface area contributed by atoms with E-state index in [-0.39, 0.29) is 5.97 Å². The molecular formula is C17H25NO2. The molecule has 0 bridgehead atoms. The first-order valence-corrected chi connectivity index (χ1v) is 7.75. The lowest BCUT2D eigenvalue weighted by Crippen LogP contribution is -2.27. The van der Waals surface area contributed by atoms with E-state index in [2.05, 4.69) is 5.32 Å². The zero-order valence-corrected chi connectivity index (χ0v) is 12.1. The van der Waals surface area contributed by atoms with Gasteiger partial charge in [0.25, 0.3) is 0 Å². The van der Waals surface area contributed by atoms with Gasteiger partial charge in [0.2, 0.25) is 0 Å². The lowest BCUT2D eigenvalue weighted by molar-refractivity contribution is -0.143. The van der Waals surface area contributed by atoms with Crippen molar-refractivity contribution in [2.24, 2.45) is 5.92 Å². The van der Waals surface area contributed by atoms with Gasteiger partial charge >= 0.3 is 5.97 Å². The molecule has 1 saturated carbocycles. The second-order valence-corrected chi connectivity index (χ2v) is 5.62. The molecule has 3 heteroatoms. The van der Waals surface area contributed by atoms with Crippen LogP contribution in [-0.4, -0.2) is 19.1 Å². The van der Waals surface area contributed by atoms with Gasteiger partial charge in [-0.05, 0) is 24.4 Å². The first-order valence-electron chi connectivity index (χ1n) is 7.75. The van der Waals surface area contributed by atoms with E-state index in [1.165, 1.54) is 38.5 Å². The molecule has 2 rings (SSSR count). The summed E-state index contributed by atoms with van der Waals surface area (Å²) in [7, 11) is 0. The largest absolute Gasteiger partial charge is 0.460 e. The number of nitrogens with one attached hydrogen (secondary N) is 1. The highest BCUT2D eigenvalue weighted by Crippen LogP contribution is 2.25. The second kappa shape index (κ2) is 8.75. The molecule has 1 fully saturated rings. The van der Waals surface area contributed by atoms with Gasteiger partial charge in [0.1, 0.15) is 6.61 Å². The molecular weight excluding hydrogens is 250 g/mol. The monoisotopic (exact) mass is 275 g/mol. The first kappa shape index (κ1) is 15.0. The number of carbonyl (C=O) groups is 1. The average Bonchev–Trinajstić information content (AvgIpc) is 2.52. The van der Waals surface area contributed by atoms with Gasteiger partial charge < -0.3 is 10.1 Å². The highest BCUT2D eigenvalue weighted by molar-refractivity contribution is 5.71. The Kier molecular flexibility index (Phi) is 6.58. The van der Waals surface area contributed by atoms with Crippen LogP contribution in [0.25, 0.3) is 0 Å². The molecule has 0 aromatic heterocycles. The van der Waals surface area contributed by atoms with Crippen molar-refractivity contribution in [2.75, 3.05) is 13.1 Å². The molecule has 0 atom stereocenters. The summed E-state index contributed by atoms with van der Waals surface area (Å²) in [4.78, 5) is 11.6. The standard InChI is InChI=1S/C17H25NO2/c19-17(20-14-16-9-5-2-6-10-16)13-18-12-11-15-7-3-1-4-8-15/h2,5-6,9-10,15,18H,1,3-4,7-8,11-14H2. The van der Waals surface area contributed by atoms with E-state index in [4.69, 9.17) is 4.74 Å². The third kappa shape index (κ3) is 5.74. The van der Waals surface area contributed by atoms with E-state index in [0.717, 1.165) is 18.0 Å². The molecule has 0 amide bonds. The summed E-state index contributed by atoms with van der Waals surface area (Å²) < 4.78 is 5.22. The minimum atomic E-state index is -0.169. The first-order chi connectivity index (χ1) is 9.84. The second-order valence-electron chi connectivity index (χ2n) is 5.62. The van der Waals surface area contributed by atoms with Gasteiger partial charge in [0, 0.05) is 0 Å². The Labute approximate surface area is 121 Å². The van der Waals surface area contributed by atoms with E-state index < -0.39 is 0 Å². The maximum absolute atomic E-state index is 11.6. The third-order valence-corrected chi connectivity index (χ3v) is 3.97. The van der Waals surface area contributed by atoms with E-state index in [1.54, 1.807) is 0 Å². The van der Waals surface area contributed by atoms with Crippen LogP contribution in [0.1, 0.15) is 44.1 Å². The quantitative estimate of drug-likeness (QED) is 0.613. The van der Waals surface area contributed by atoms with Gasteiger partial charge in [-0.25, -0.2) is 0 Å².